The zero-order valence-electron chi connectivity index (χ0n) is 13.8. The SMILES string of the molecule is CC1CC(NS(=O)(=O)Cc2ccon2)CCN1Cc1ccccc1. The summed E-state index contributed by atoms with van der Waals surface area (Å²) in [4.78, 5) is 2.40. The van der Waals surface area contributed by atoms with Gasteiger partial charge in [-0.1, -0.05) is 35.5 Å². The zero-order chi connectivity index (χ0) is 17.0. The number of sulfonamides is 1. The monoisotopic (exact) mass is 349 g/mol. The molecule has 7 heteroatoms. The summed E-state index contributed by atoms with van der Waals surface area (Å²) in [5.74, 6) is -0.137. The lowest BCUT2D eigenvalue weighted by Crippen LogP contribution is -2.48. The average Bonchev–Trinajstić information content (AvgIpc) is 3.03. The minimum atomic E-state index is -3.39. The number of hydrogen-bond donors (Lipinski definition) is 1. The van der Waals surface area contributed by atoms with Gasteiger partial charge in [0.25, 0.3) is 0 Å². The maximum atomic E-state index is 12.2. The smallest absolute Gasteiger partial charge is 0.217 e. The molecule has 2 atom stereocenters. The summed E-state index contributed by atoms with van der Waals surface area (Å²) in [6.07, 6.45) is 3.01. The molecule has 0 aliphatic carbocycles. The van der Waals surface area contributed by atoms with Gasteiger partial charge in [0.2, 0.25) is 10.0 Å². The summed E-state index contributed by atoms with van der Waals surface area (Å²) < 4.78 is 32.0. The Morgan fingerprint density at radius 3 is 2.75 bits per heavy atom. The van der Waals surface area contributed by atoms with Crippen molar-refractivity contribution < 1.29 is 12.9 Å². The Morgan fingerprint density at radius 2 is 2.08 bits per heavy atom. The van der Waals surface area contributed by atoms with E-state index in [1.165, 1.54) is 11.8 Å². The van der Waals surface area contributed by atoms with Crippen LogP contribution in [0.15, 0.2) is 47.2 Å². The van der Waals surface area contributed by atoms with Crippen molar-refractivity contribution in [3.63, 3.8) is 0 Å². The summed E-state index contributed by atoms with van der Waals surface area (Å²) in [5, 5.41) is 3.67. The molecule has 1 N–H and O–H groups in total. The molecule has 0 radical (unpaired) electrons. The molecule has 2 heterocycles. The van der Waals surface area contributed by atoms with E-state index in [0.717, 1.165) is 25.9 Å². The Labute approximate surface area is 142 Å². The van der Waals surface area contributed by atoms with Crippen LogP contribution in [0.5, 0.6) is 0 Å². The molecule has 0 amide bonds. The lowest BCUT2D eigenvalue weighted by atomic mass is 9.98. The minimum absolute atomic E-state index is 0.0241. The topological polar surface area (TPSA) is 75.4 Å². The van der Waals surface area contributed by atoms with Crippen molar-refractivity contribution in [3.8, 4) is 0 Å². The quantitative estimate of drug-likeness (QED) is 0.865. The molecule has 1 aliphatic heterocycles. The third kappa shape index (κ3) is 4.66. The second kappa shape index (κ2) is 7.46. The zero-order valence-corrected chi connectivity index (χ0v) is 14.6. The molecular formula is C17H23N3O3S. The summed E-state index contributed by atoms with van der Waals surface area (Å²) in [6.45, 7) is 3.94. The van der Waals surface area contributed by atoms with Gasteiger partial charge in [-0.3, -0.25) is 4.90 Å². The molecule has 1 aromatic heterocycles. The maximum Gasteiger partial charge on any atom is 0.217 e. The second-order valence-corrected chi connectivity index (χ2v) is 8.15. The van der Waals surface area contributed by atoms with E-state index in [2.05, 4.69) is 38.4 Å². The van der Waals surface area contributed by atoms with E-state index in [-0.39, 0.29) is 11.8 Å². The van der Waals surface area contributed by atoms with Crippen LogP contribution in [0.25, 0.3) is 0 Å². The van der Waals surface area contributed by atoms with Crippen LogP contribution < -0.4 is 4.72 Å². The fourth-order valence-electron chi connectivity index (χ4n) is 3.18. The van der Waals surface area contributed by atoms with Crippen LogP contribution in [0.4, 0.5) is 0 Å². The van der Waals surface area contributed by atoms with Gasteiger partial charge in [0.15, 0.2) is 0 Å². The number of benzene rings is 1. The van der Waals surface area contributed by atoms with Gasteiger partial charge in [0.05, 0.1) is 5.69 Å². The van der Waals surface area contributed by atoms with Crippen molar-refractivity contribution in [2.24, 2.45) is 0 Å². The molecule has 24 heavy (non-hydrogen) atoms. The fraction of sp³-hybridized carbons (Fsp3) is 0.471. The van der Waals surface area contributed by atoms with Gasteiger partial charge in [0, 0.05) is 31.2 Å². The van der Waals surface area contributed by atoms with E-state index in [4.69, 9.17) is 0 Å². The lowest BCUT2D eigenvalue weighted by Gasteiger charge is -2.37. The van der Waals surface area contributed by atoms with Crippen molar-refractivity contribution in [2.45, 2.75) is 44.1 Å². The standard InChI is InChI=1S/C17H23N3O3S/c1-14-11-16(19-24(21,22)13-17-8-10-23-18-17)7-9-20(14)12-15-5-3-2-4-6-15/h2-6,8,10,14,16,19H,7,9,11-13H2,1H3. The number of piperidine rings is 1. The van der Waals surface area contributed by atoms with Crippen LogP contribution in [-0.4, -0.2) is 37.1 Å². The Kier molecular flexibility index (Phi) is 5.33. The summed E-state index contributed by atoms with van der Waals surface area (Å²) in [5.41, 5.74) is 1.71. The Hall–Kier alpha value is -1.70. The number of likely N-dealkylation sites (tertiary alicyclic amines) is 1. The highest BCUT2D eigenvalue weighted by atomic mass is 32.2. The molecular weight excluding hydrogens is 326 g/mol. The molecule has 2 unspecified atom stereocenters. The molecule has 130 valence electrons. The molecule has 3 rings (SSSR count). The van der Waals surface area contributed by atoms with Gasteiger partial charge in [-0.2, -0.15) is 0 Å². The van der Waals surface area contributed by atoms with Crippen LogP contribution in [0, 0.1) is 0 Å². The molecule has 0 saturated carbocycles. The van der Waals surface area contributed by atoms with Gasteiger partial charge in [-0.05, 0) is 25.3 Å². The Balaban J connectivity index is 1.53. The molecule has 6 nitrogen and oxygen atoms in total. The van der Waals surface area contributed by atoms with Crippen LogP contribution in [0.2, 0.25) is 0 Å². The van der Waals surface area contributed by atoms with E-state index in [9.17, 15) is 8.42 Å². The van der Waals surface area contributed by atoms with Crippen LogP contribution >= 0.6 is 0 Å². The third-order valence-corrected chi connectivity index (χ3v) is 5.79. The van der Waals surface area contributed by atoms with E-state index < -0.39 is 10.0 Å². The molecule has 1 saturated heterocycles. The highest BCUT2D eigenvalue weighted by Crippen LogP contribution is 2.20. The maximum absolute atomic E-state index is 12.2. The highest BCUT2D eigenvalue weighted by molar-refractivity contribution is 7.88. The summed E-state index contributed by atoms with van der Waals surface area (Å²) in [6, 6.07) is 12.2. The number of aromatic nitrogens is 1. The van der Waals surface area contributed by atoms with Crippen molar-refractivity contribution in [2.75, 3.05) is 6.54 Å². The summed E-state index contributed by atoms with van der Waals surface area (Å²) >= 11 is 0. The second-order valence-electron chi connectivity index (χ2n) is 6.39. The predicted molar refractivity (Wildman–Crippen MR) is 91.6 cm³/mol. The highest BCUT2D eigenvalue weighted by Gasteiger charge is 2.28. The first-order chi connectivity index (χ1) is 11.5. The van der Waals surface area contributed by atoms with E-state index in [1.807, 2.05) is 18.2 Å². The number of hydrogen-bond acceptors (Lipinski definition) is 5. The van der Waals surface area contributed by atoms with Gasteiger partial charge in [-0.15, -0.1) is 0 Å². The first-order valence-corrected chi connectivity index (χ1v) is 9.84. The third-order valence-electron chi connectivity index (χ3n) is 4.42. The molecule has 0 spiro atoms. The van der Waals surface area contributed by atoms with Crippen LogP contribution in [-0.2, 0) is 22.3 Å². The normalized spacial score (nSPS) is 22.5. The largest absolute Gasteiger partial charge is 0.364 e. The minimum Gasteiger partial charge on any atom is -0.364 e. The molecule has 1 aliphatic rings. The summed E-state index contributed by atoms with van der Waals surface area (Å²) in [7, 11) is -3.39. The first kappa shape index (κ1) is 17.1. The molecule has 0 bridgehead atoms. The average molecular weight is 349 g/mol. The van der Waals surface area contributed by atoms with Crippen molar-refractivity contribution >= 4 is 10.0 Å². The van der Waals surface area contributed by atoms with Crippen molar-refractivity contribution in [3.05, 3.63) is 53.9 Å². The Bertz CT molecular complexity index is 732. The van der Waals surface area contributed by atoms with Crippen LogP contribution in [0.1, 0.15) is 31.0 Å². The number of nitrogens with one attached hydrogen (secondary N) is 1. The van der Waals surface area contributed by atoms with Gasteiger partial charge < -0.3 is 4.52 Å². The van der Waals surface area contributed by atoms with Gasteiger partial charge in [0.1, 0.15) is 12.0 Å². The molecule has 2 aromatic rings. The molecule has 1 fully saturated rings. The van der Waals surface area contributed by atoms with Crippen molar-refractivity contribution in [1.29, 1.82) is 0 Å². The fourth-order valence-corrected chi connectivity index (χ4v) is 4.53. The number of rotatable bonds is 6. The van der Waals surface area contributed by atoms with Crippen LogP contribution in [0.3, 0.4) is 0 Å². The van der Waals surface area contributed by atoms with E-state index >= 15 is 0 Å². The Morgan fingerprint density at radius 1 is 1.29 bits per heavy atom. The van der Waals surface area contributed by atoms with E-state index in [0.29, 0.717) is 11.7 Å². The van der Waals surface area contributed by atoms with Gasteiger partial charge in [-0.25, -0.2) is 13.1 Å². The molecule has 1 aromatic carbocycles. The lowest BCUT2D eigenvalue weighted by molar-refractivity contribution is 0.135. The van der Waals surface area contributed by atoms with Crippen molar-refractivity contribution in [1.82, 2.24) is 14.8 Å². The number of nitrogens with zero attached hydrogens (tertiary/aromatic N) is 2. The van der Waals surface area contributed by atoms with Gasteiger partial charge >= 0.3 is 0 Å². The van der Waals surface area contributed by atoms with E-state index in [1.54, 1.807) is 6.07 Å². The first-order valence-electron chi connectivity index (χ1n) is 8.19. The predicted octanol–water partition coefficient (Wildman–Crippen LogP) is 2.15.